The van der Waals surface area contributed by atoms with E-state index in [1.54, 1.807) is 4.90 Å². The van der Waals surface area contributed by atoms with E-state index in [-0.39, 0.29) is 18.4 Å². The van der Waals surface area contributed by atoms with E-state index in [0.29, 0.717) is 5.92 Å². The summed E-state index contributed by atoms with van der Waals surface area (Å²) in [6, 6.07) is 5.98. The number of carbonyl (C=O) groups is 2. The molecule has 1 aliphatic heterocycles. The minimum absolute atomic E-state index is 0.0428. The molecule has 0 spiro atoms. The molecular formula is C18H26N2O2. The van der Waals surface area contributed by atoms with E-state index in [2.05, 4.69) is 13.0 Å². The SMILES string of the molecule is CC(=O)N(CC(=O)N1CCC(C)CC1)c1cc(C)cc(C)c1. The van der Waals surface area contributed by atoms with Crippen LogP contribution >= 0.6 is 0 Å². The van der Waals surface area contributed by atoms with Crippen molar-refractivity contribution in [1.82, 2.24) is 4.90 Å². The Kier molecular flexibility index (Phi) is 5.22. The Hall–Kier alpha value is -1.84. The molecule has 0 unspecified atom stereocenters. The molecular weight excluding hydrogens is 276 g/mol. The zero-order valence-electron chi connectivity index (χ0n) is 14.1. The van der Waals surface area contributed by atoms with Gasteiger partial charge >= 0.3 is 0 Å². The predicted octanol–water partition coefficient (Wildman–Crippen LogP) is 2.91. The lowest BCUT2D eigenvalue weighted by Crippen LogP contribution is -2.45. The molecule has 0 saturated carbocycles. The van der Waals surface area contributed by atoms with Gasteiger partial charge in [-0.1, -0.05) is 13.0 Å². The lowest BCUT2D eigenvalue weighted by molar-refractivity contribution is -0.132. The van der Waals surface area contributed by atoms with Crippen LogP contribution in [0, 0.1) is 19.8 Å². The molecule has 1 saturated heterocycles. The Morgan fingerprint density at radius 2 is 1.68 bits per heavy atom. The molecule has 0 radical (unpaired) electrons. The lowest BCUT2D eigenvalue weighted by Gasteiger charge is -2.32. The fraction of sp³-hybridized carbons (Fsp3) is 0.556. The van der Waals surface area contributed by atoms with Crippen LogP contribution in [0.3, 0.4) is 0 Å². The Morgan fingerprint density at radius 3 is 2.18 bits per heavy atom. The normalized spacial score (nSPS) is 15.7. The molecule has 0 bridgehead atoms. The van der Waals surface area contributed by atoms with Crippen molar-refractivity contribution < 1.29 is 9.59 Å². The molecule has 1 aromatic rings. The van der Waals surface area contributed by atoms with Gasteiger partial charge in [-0.2, -0.15) is 0 Å². The van der Waals surface area contributed by atoms with Gasteiger partial charge in [-0.25, -0.2) is 0 Å². The molecule has 2 amide bonds. The number of hydrogen-bond donors (Lipinski definition) is 0. The van der Waals surface area contributed by atoms with Crippen LogP contribution < -0.4 is 4.90 Å². The molecule has 22 heavy (non-hydrogen) atoms. The van der Waals surface area contributed by atoms with Crippen molar-refractivity contribution in [2.24, 2.45) is 5.92 Å². The van der Waals surface area contributed by atoms with Crippen LogP contribution in [-0.2, 0) is 9.59 Å². The second-order valence-corrected chi connectivity index (χ2v) is 6.51. The highest BCUT2D eigenvalue weighted by Crippen LogP contribution is 2.20. The van der Waals surface area contributed by atoms with Crippen LogP contribution in [0.5, 0.6) is 0 Å². The van der Waals surface area contributed by atoms with Crippen molar-refractivity contribution in [2.45, 2.75) is 40.5 Å². The summed E-state index contributed by atoms with van der Waals surface area (Å²) < 4.78 is 0. The lowest BCUT2D eigenvalue weighted by atomic mass is 9.99. The number of rotatable bonds is 3. The van der Waals surface area contributed by atoms with Crippen molar-refractivity contribution >= 4 is 17.5 Å². The zero-order chi connectivity index (χ0) is 16.3. The highest BCUT2D eigenvalue weighted by Gasteiger charge is 2.24. The number of amides is 2. The monoisotopic (exact) mass is 302 g/mol. The fourth-order valence-corrected chi connectivity index (χ4v) is 2.98. The number of nitrogens with zero attached hydrogens (tertiary/aromatic N) is 2. The maximum atomic E-state index is 12.5. The first-order chi connectivity index (χ1) is 10.4. The Balaban J connectivity index is 2.12. The number of aryl methyl sites for hydroxylation is 2. The smallest absolute Gasteiger partial charge is 0.242 e. The second-order valence-electron chi connectivity index (χ2n) is 6.51. The van der Waals surface area contributed by atoms with E-state index in [1.807, 2.05) is 30.9 Å². The topological polar surface area (TPSA) is 40.6 Å². The minimum Gasteiger partial charge on any atom is -0.341 e. The average molecular weight is 302 g/mol. The van der Waals surface area contributed by atoms with Crippen molar-refractivity contribution in [3.8, 4) is 0 Å². The first-order valence-corrected chi connectivity index (χ1v) is 8.01. The maximum absolute atomic E-state index is 12.5. The molecule has 120 valence electrons. The molecule has 1 aromatic carbocycles. The quantitative estimate of drug-likeness (QED) is 0.861. The van der Waals surface area contributed by atoms with Crippen molar-refractivity contribution in [3.63, 3.8) is 0 Å². The third-order valence-corrected chi connectivity index (χ3v) is 4.33. The summed E-state index contributed by atoms with van der Waals surface area (Å²) in [5.74, 6) is 0.636. The van der Waals surface area contributed by atoms with Gasteiger partial charge in [0, 0.05) is 25.7 Å². The first-order valence-electron chi connectivity index (χ1n) is 8.01. The summed E-state index contributed by atoms with van der Waals surface area (Å²) in [4.78, 5) is 28.0. The summed E-state index contributed by atoms with van der Waals surface area (Å²) in [6.45, 7) is 9.48. The Bertz CT molecular complexity index is 540. The van der Waals surface area contributed by atoms with Crippen molar-refractivity contribution in [3.05, 3.63) is 29.3 Å². The van der Waals surface area contributed by atoms with Gasteiger partial charge in [-0.3, -0.25) is 9.59 Å². The van der Waals surface area contributed by atoms with E-state index in [1.165, 1.54) is 6.92 Å². The summed E-state index contributed by atoms with van der Waals surface area (Å²) in [7, 11) is 0. The Morgan fingerprint density at radius 1 is 1.14 bits per heavy atom. The molecule has 0 N–H and O–H groups in total. The molecule has 1 aliphatic rings. The van der Waals surface area contributed by atoms with Gasteiger partial charge in [0.1, 0.15) is 6.54 Å². The molecule has 1 heterocycles. The molecule has 0 atom stereocenters. The number of likely N-dealkylation sites (tertiary alicyclic amines) is 1. The molecule has 4 nitrogen and oxygen atoms in total. The van der Waals surface area contributed by atoms with Gasteiger partial charge in [-0.15, -0.1) is 0 Å². The Labute approximate surface area is 133 Å². The van der Waals surface area contributed by atoms with Crippen LogP contribution in [0.2, 0.25) is 0 Å². The summed E-state index contributed by atoms with van der Waals surface area (Å²) in [6.07, 6.45) is 2.10. The number of carbonyl (C=O) groups excluding carboxylic acids is 2. The molecule has 1 fully saturated rings. The van der Waals surface area contributed by atoms with E-state index in [4.69, 9.17) is 0 Å². The van der Waals surface area contributed by atoms with E-state index in [9.17, 15) is 9.59 Å². The zero-order valence-corrected chi connectivity index (χ0v) is 14.1. The highest BCUT2D eigenvalue weighted by molar-refractivity contribution is 5.97. The highest BCUT2D eigenvalue weighted by atomic mass is 16.2. The number of benzene rings is 1. The number of hydrogen-bond acceptors (Lipinski definition) is 2. The first kappa shape index (κ1) is 16.5. The van der Waals surface area contributed by atoms with Gasteiger partial charge in [0.05, 0.1) is 0 Å². The predicted molar refractivity (Wildman–Crippen MR) is 88.9 cm³/mol. The van der Waals surface area contributed by atoms with Gasteiger partial charge < -0.3 is 9.80 Å². The molecule has 0 aromatic heterocycles. The van der Waals surface area contributed by atoms with Gasteiger partial charge in [-0.05, 0) is 55.9 Å². The summed E-state index contributed by atoms with van der Waals surface area (Å²) in [5, 5.41) is 0. The van der Waals surface area contributed by atoms with Crippen molar-refractivity contribution in [1.29, 1.82) is 0 Å². The van der Waals surface area contributed by atoms with Crippen LogP contribution in [0.25, 0.3) is 0 Å². The third-order valence-electron chi connectivity index (χ3n) is 4.33. The second kappa shape index (κ2) is 6.95. The van der Waals surface area contributed by atoms with Crippen LogP contribution in [0.4, 0.5) is 5.69 Å². The van der Waals surface area contributed by atoms with E-state index in [0.717, 1.165) is 42.7 Å². The fourth-order valence-electron chi connectivity index (χ4n) is 2.98. The summed E-state index contributed by atoms with van der Waals surface area (Å²) in [5.41, 5.74) is 3.00. The standard InChI is InChI=1S/C18H26N2O2/c1-13-5-7-19(8-6-13)18(22)12-20(16(4)21)17-10-14(2)9-15(3)11-17/h9-11,13H,5-8,12H2,1-4H3. The maximum Gasteiger partial charge on any atom is 0.242 e. The molecule has 2 rings (SSSR count). The van der Waals surface area contributed by atoms with Crippen LogP contribution in [-0.4, -0.2) is 36.3 Å². The van der Waals surface area contributed by atoms with Gasteiger partial charge in [0.15, 0.2) is 0 Å². The average Bonchev–Trinajstić information content (AvgIpc) is 2.43. The van der Waals surface area contributed by atoms with Crippen molar-refractivity contribution in [2.75, 3.05) is 24.5 Å². The van der Waals surface area contributed by atoms with Crippen LogP contribution in [0.1, 0.15) is 37.8 Å². The van der Waals surface area contributed by atoms with E-state index >= 15 is 0 Å². The van der Waals surface area contributed by atoms with Crippen LogP contribution in [0.15, 0.2) is 18.2 Å². The third kappa shape index (κ3) is 4.09. The molecule has 4 heteroatoms. The van der Waals surface area contributed by atoms with E-state index < -0.39 is 0 Å². The number of piperidine rings is 1. The number of anilines is 1. The van der Waals surface area contributed by atoms with Gasteiger partial charge in [0.25, 0.3) is 0 Å². The largest absolute Gasteiger partial charge is 0.341 e. The summed E-state index contributed by atoms with van der Waals surface area (Å²) >= 11 is 0. The molecule has 0 aliphatic carbocycles. The van der Waals surface area contributed by atoms with Gasteiger partial charge in [0.2, 0.25) is 11.8 Å². The minimum atomic E-state index is -0.0938.